The molecular weight excluding hydrogens is 541 g/mol. The highest BCUT2D eigenvalue weighted by atomic mass is 35.5. The molecule has 190 valence electrons. The molecule has 4 rings (SSSR count). The molecule has 0 radical (unpaired) electrons. The van der Waals surface area contributed by atoms with Gasteiger partial charge in [0.15, 0.2) is 5.75 Å². The Kier molecular flexibility index (Phi) is 7.37. The molecule has 0 fully saturated rings. The smallest absolute Gasteiger partial charge is 0.296 e. The van der Waals surface area contributed by atoms with E-state index in [2.05, 4.69) is 15.5 Å². The molecular formula is C25H19Cl2N3O6S. The third kappa shape index (κ3) is 5.37. The summed E-state index contributed by atoms with van der Waals surface area (Å²) in [5.74, 6) is -0.647. The first-order valence-electron chi connectivity index (χ1n) is 10.6. The number of nitrogens with one attached hydrogen (secondary N) is 1. The molecule has 1 amide bonds. The number of phenols is 1. The third-order valence-corrected chi connectivity index (χ3v) is 7.31. The zero-order valence-electron chi connectivity index (χ0n) is 19.4. The Hall–Kier alpha value is -3.70. The van der Waals surface area contributed by atoms with E-state index in [-0.39, 0.29) is 38.2 Å². The van der Waals surface area contributed by atoms with Crippen LogP contribution in [0.3, 0.4) is 0 Å². The molecule has 0 spiro atoms. The Morgan fingerprint density at radius 2 is 1.70 bits per heavy atom. The maximum Gasteiger partial charge on any atom is 0.296 e. The molecule has 0 saturated carbocycles. The molecule has 0 aliphatic carbocycles. The van der Waals surface area contributed by atoms with Gasteiger partial charge in [0.1, 0.15) is 16.3 Å². The highest BCUT2D eigenvalue weighted by Gasteiger charge is 2.22. The summed E-state index contributed by atoms with van der Waals surface area (Å²) in [7, 11) is -3.15. The lowest BCUT2D eigenvalue weighted by molar-refractivity contribution is 0.102. The number of methoxy groups -OCH3 is 1. The number of nitrogens with zero attached hydrogens (tertiary/aromatic N) is 2. The first kappa shape index (κ1) is 26.4. The van der Waals surface area contributed by atoms with Crippen molar-refractivity contribution in [2.24, 2.45) is 10.2 Å². The number of phenolic OH excluding ortho intramolecular Hbond substituents is 1. The van der Waals surface area contributed by atoms with Gasteiger partial charge in [0.2, 0.25) is 0 Å². The van der Waals surface area contributed by atoms with Gasteiger partial charge in [-0.1, -0.05) is 47.5 Å². The number of fused-ring (bicyclic) bond motifs is 1. The van der Waals surface area contributed by atoms with E-state index >= 15 is 0 Å². The van der Waals surface area contributed by atoms with Crippen molar-refractivity contribution in [2.75, 3.05) is 12.4 Å². The van der Waals surface area contributed by atoms with Crippen LogP contribution in [0.5, 0.6) is 11.5 Å². The number of aromatic hydroxyl groups is 1. The average Bonchev–Trinajstić information content (AvgIpc) is 2.84. The van der Waals surface area contributed by atoms with E-state index in [1.807, 2.05) is 0 Å². The number of carbonyl (C=O) groups excluding carboxylic acids is 1. The van der Waals surface area contributed by atoms with Crippen LogP contribution in [0.1, 0.15) is 15.9 Å². The van der Waals surface area contributed by atoms with Crippen LogP contribution in [-0.2, 0) is 10.1 Å². The predicted molar refractivity (Wildman–Crippen MR) is 142 cm³/mol. The van der Waals surface area contributed by atoms with E-state index in [1.165, 1.54) is 38.3 Å². The first-order valence-corrected chi connectivity index (χ1v) is 12.8. The van der Waals surface area contributed by atoms with Crippen LogP contribution in [0.2, 0.25) is 10.0 Å². The zero-order valence-corrected chi connectivity index (χ0v) is 21.7. The van der Waals surface area contributed by atoms with Crippen LogP contribution in [0.4, 0.5) is 17.1 Å². The maximum absolute atomic E-state index is 13.2. The Morgan fingerprint density at radius 3 is 2.41 bits per heavy atom. The number of carbonyl (C=O) groups is 1. The fourth-order valence-electron chi connectivity index (χ4n) is 3.69. The lowest BCUT2D eigenvalue weighted by Gasteiger charge is -2.13. The van der Waals surface area contributed by atoms with E-state index in [4.69, 9.17) is 27.9 Å². The topological polar surface area (TPSA) is 138 Å². The number of azo groups is 1. The van der Waals surface area contributed by atoms with Gasteiger partial charge in [0.25, 0.3) is 16.0 Å². The minimum atomic E-state index is -4.62. The molecule has 4 aromatic carbocycles. The van der Waals surface area contributed by atoms with Crippen molar-refractivity contribution < 1.29 is 27.6 Å². The van der Waals surface area contributed by atoms with Gasteiger partial charge in [0.05, 0.1) is 34.1 Å². The number of benzene rings is 4. The summed E-state index contributed by atoms with van der Waals surface area (Å²) in [6.07, 6.45) is 0. The molecule has 37 heavy (non-hydrogen) atoms. The quantitative estimate of drug-likeness (QED) is 0.170. The van der Waals surface area contributed by atoms with Crippen molar-refractivity contribution in [3.05, 3.63) is 81.8 Å². The average molecular weight is 560 g/mol. The predicted octanol–water partition coefficient (Wildman–Crippen LogP) is 7.08. The van der Waals surface area contributed by atoms with Gasteiger partial charge in [-0.05, 0) is 48.2 Å². The molecule has 3 N–H and O–H groups in total. The summed E-state index contributed by atoms with van der Waals surface area (Å²) >= 11 is 12.1. The van der Waals surface area contributed by atoms with Crippen LogP contribution in [0.25, 0.3) is 10.8 Å². The summed E-state index contributed by atoms with van der Waals surface area (Å²) < 4.78 is 38.2. The number of hydrogen-bond donors (Lipinski definition) is 3. The lowest BCUT2D eigenvalue weighted by Crippen LogP contribution is -2.12. The van der Waals surface area contributed by atoms with Crippen LogP contribution in [-0.4, -0.2) is 31.1 Å². The monoisotopic (exact) mass is 559 g/mol. The number of hydrogen-bond acceptors (Lipinski definition) is 7. The van der Waals surface area contributed by atoms with Gasteiger partial charge in [-0.3, -0.25) is 9.35 Å². The Bertz CT molecular complexity index is 1690. The molecule has 12 heteroatoms. The van der Waals surface area contributed by atoms with Crippen molar-refractivity contribution in [3.63, 3.8) is 0 Å². The van der Waals surface area contributed by atoms with Crippen molar-refractivity contribution in [3.8, 4) is 11.5 Å². The molecule has 0 aromatic heterocycles. The Balaban J connectivity index is 1.82. The van der Waals surface area contributed by atoms with Crippen LogP contribution in [0, 0.1) is 6.92 Å². The summed E-state index contributed by atoms with van der Waals surface area (Å²) in [5, 5.41) is 23.1. The lowest BCUT2D eigenvalue weighted by atomic mass is 10.0. The summed E-state index contributed by atoms with van der Waals surface area (Å²) in [5.41, 5.74) is 0.291. The van der Waals surface area contributed by atoms with E-state index in [0.717, 1.165) is 0 Å². The molecule has 0 saturated heterocycles. The number of halogens is 2. The molecule has 0 heterocycles. The van der Waals surface area contributed by atoms with Crippen molar-refractivity contribution in [1.82, 2.24) is 0 Å². The largest absolute Gasteiger partial charge is 0.505 e. The zero-order chi connectivity index (χ0) is 26.9. The van der Waals surface area contributed by atoms with Gasteiger partial charge in [-0.2, -0.15) is 13.5 Å². The van der Waals surface area contributed by atoms with Crippen LogP contribution >= 0.6 is 23.2 Å². The van der Waals surface area contributed by atoms with Gasteiger partial charge in [-0.25, -0.2) is 0 Å². The molecule has 0 atom stereocenters. The minimum Gasteiger partial charge on any atom is -0.505 e. The molecule has 0 bridgehead atoms. The van der Waals surface area contributed by atoms with Gasteiger partial charge in [0, 0.05) is 11.5 Å². The first-order chi connectivity index (χ1) is 17.5. The van der Waals surface area contributed by atoms with Crippen molar-refractivity contribution >= 4 is 67.1 Å². The highest BCUT2D eigenvalue weighted by molar-refractivity contribution is 7.86. The summed E-state index contributed by atoms with van der Waals surface area (Å²) in [4.78, 5) is 12.7. The van der Waals surface area contributed by atoms with Crippen molar-refractivity contribution in [2.45, 2.75) is 11.8 Å². The summed E-state index contributed by atoms with van der Waals surface area (Å²) in [6, 6.07) is 15.8. The fourth-order valence-corrected chi connectivity index (χ4v) is 5.15. The molecule has 0 aliphatic rings. The second-order valence-electron chi connectivity index (χ2n) is 7.84. The van der Waals surface area contributed by atoms with Crippen molar-refractivity contribution in [1.29, 1.82) is 0 Å². The number of ether oxygens (including phenoxy) is 1. The highest BCUT2D eigenvalue weighted by Crippen LogP contribution is 2.41. The van der Waals surface area contributed by atoms with Crippen LogP contribution < -0.4 is 10.1 Å². The normalized spacial score (nSPS) is 11.7. The van der Waals surface area contributed by atoms with E-state index in [1.54, 1.807) is 36.4 Å². The van der Waals surface area contributed by atoms with E-state index in [0.29, 0.717) is 16.5 Å². The van der Waals surface area contributed by atoms with E-state index in [9.17, 15) is 22.9 Å². The third-order valence-electron chi connectivity index (χ3n) is 5.51. The Morgan fingerprint density at radius 1 is 1.00 bits per heavy atom. The second kappa shape index (κ2) is 10.3. The molecule has 4 aromatic rings. The second-order valence-corrected chi connectivity index (χ2v) is 10.0. The SMILES string of the molecule is COc1ccc(Cl)c(NC(=O)c2cc3ccccc3c(N=Nc3ccc(Cl)c(S(=O)(=O)O)c3C)c2O)c1. The number of anilines is 1. The molecule has 0 aliphatic heterocycles. The van der Waals surface area contributed by atoms with Gasteiger partial charge < -0.3 is 15.2 Å². The Labute approximate surface area is 222 Å². The van der Waals surface area contributed by atoms with Crippen LogP contribution in [0.15, 0.2) is 75.8 Å². The molecule has 9 nitrogen and oxygen atoms in total. The standard InChI is InChI=1S/C25H19Cl2N3O6S/c1-13-20(10-9-19(27)24(13)37(33,34)35)29-30-22-16-6-4-3-5-14(16)11-17(23(22)31)25(32)28-21-12-15(36-2)7-8-18(21)26/h3-12,31H,1-2H3,(H,28,32)(H,33,34,35). The van der Waals surface area contributed by atoms with Gasteiger partial charge >= 0.3 is 0 Å². The fraction of sp³-hybridized carbons (Fsp3) is 0.0800. The maximum atomic E-state index is 13.2. The van der Waals surface area contributed by atoms with Gasteiger partial charge in [-0.15, -0.1) is 5.11 Å². The number of rotatable bonds is 6. The minimum absolute atomic E-state index is 0.0252. The summed E-state index contributed by atoms with van der Waals surface area (Å²) in [6.45, 7) is 1.41. The number of amides is 1. The van der Waals surface area contributed by atoms with E-state index < -0.39 is 26.7 Å². The molecule has 0 unspecified atom stereocenters.